The van der Waals surface area contributed by atoms with Crippen LogP contribution in [0.3, 0.4) is 0 Å². The normalized spacial score (nSPS) is 20.0. The minimum atomic E-state index is -0.450. The summed E-state index contributed by atoms with van der Waals surface area (Å²) in [4.78, 5) is 21.8. The number of ketones is 1. The molecule has 0 radical (unpaired) electrons. The molecule has 1 aromatic heterocycles. The largest absolute Gasteiger partial charge is 0.492 e. The molecule has 78 valence electrons. The van der Waals surface area contributed by atoms with Crippen LogP contribution in [0.15, 0.2) is 24.5 Å². The monoisotopic (exact) mass is 225 g/mol. The fraction of sp³-hybridized carbons (Fsp3) is 0.222. The van der Waals surface area contributed by atoms with Gasteiger partial charge in [-0.1, -0.05) is 11.3 Å². The van der Waals surface area contributed by atoms with E-state index in [-0.39, 0.29) is 23.3 Å². The summed E-state index contributed by atoms with van der Waals surface area (Å²) in [6, 6.07) is 3.05. The van der Waals surface area contributed by atoms with Crippen LogP contribution in [0.5, 0.6) is 0 Å². The molecule has 0 saturated carbocycles. The Morgan fingerprint density at radius 2 is 2.33 bits per heavy atom. The number of rotatable bonds is 2. The predicted octanol–water partition coefficient (Wildman–Crippen LogP) is 2.20. The highest BCUT2D eigenvalue weighted by Gasteiger charge is 2.22. The molecule has 1 aliphatic rings. The van der Waals surface area contributed by atoms with E-state index in [9.17, 15) is 14.9 Å². The number of nitrogens with zero attached hydrogens (tertiary/aromatic N) is 1. The average Bonchev–Trinajstić information content (AvgIpc) is 2.66. The van der Waals surface area contributed by atoms with Crippen molar-refractivity contribution in [2.24, 2.45) is 0 Å². The lowest BCUT2D eigenvalue weighted by Gasteiger charge is -2.16. The fourth-order valence-corrected chi connectivity index (χ4v) is 2.15. The number of hydrogen-bond donors (Lipinski definition) is 0. The summed E-state index contributed by atoms with van der Waals surface area (Å²) >= 11 is 1.04. The maximum atomic E-state index is 11.1. The van der Waals surface area contributed by atoms with Crippen LogP contribution >= 0.6 is 11.3 Å². The third-order valence-electron chi connectivity index (χ3n) is 1.99. The summed E-state index contributed by atoms with van der Waals surface area (Å²) in [5.41, 5.74) is 0. The van der Waals surface area contributed by atoms with Crippen molar-refractivity contribution < 1.29 is 14.5 Å². The number of hydrogen-bond acceptors (Lipinski definition) is 5. The van der Waals surface area contributed by atoms with E-state index < -0.39 is 4.92 Å². The van der Waals surface area contributed by atoms with E-state index in [1.165, 1.54) is 18.4 Å². The molecule has 2 heterocycles. The number of thiophene rings is 1. The first-order valence-corrected chi connectivity index (χ1v) is 5.07. The van der Waals surface area contributed by atoms with Crippen molar-refractivity contribution in [1.29, 1.82) is 0 Å². The molecule has 2 rings (SSSR count). The molecule has 0 aromatic carbocycles. The number of nitro groups is 1. The van der Waals surface area contributed by atoms with Gasteiger partial charge >= 0.3 is 5.00 Å². The minimum absolute atomic E-state index is 0.0256. The van der Waals surface area contributed by atoms with Gasteiger partial charge in [0, 0.05) is 12.1 Å². The Kier molecular flexibility index (Phi) is 2.51. The van der Waals surface area contributed by atoms with Crippen LogP contribution in [0, 0.1) is 10.1 Å². The molecule has 0 amide bonds. The smallest absolute Gasteiger partial charge is 0.324 e. The Balaban J connectivity index is 2.19. The van der Waals surface area contributed by atoms with E-state index in [0.717, 1.165) is 11.3 Å². The fourth-order valence-electron chi connectivity index (χ4n) is 1.29. The van der Waals surface area contributed by atoms with Gasteiger partial charge < -0.3 is 4.74 Å². The SMILES string of the molecule is O=C1C=COC(c2ccc([N+](=O)[O-])s2)C1. The van der Waals surface area contributed by atoms with Gasteiger partial charge in [0.2, 0.25) is 0 Å². The van der Waals surface area contributed by atoms with Gasteiger partial charge in [-0.3, -0.25) is 14.9 Å². The minimum Gasteiger partial charge on any atom is -0.492 e. The molecule has 5 nitrogen and oxygen atoms in total. The number of carbonyl (C=O) groups is 1. The van der Waals surface area contributed by atoms with Crippen LogP contribution < -0.4 is 0 Å². The molecule has 1 aromatic rings. The second-order valence-corrected chi connectivity index (χ2v) is 4.12. The number of ether oxygens (including phenoxy) is 1. The van der Waals surface area contributed by atoms with E-state index >= 15 is 0 Å². The van der Waals surface area contributed by atoms with Gasteiger partial charge in [-0.25, -0.2) is 0 Å². The predicted molar refractivity (Wildman–Crippen MR) is 53.6 cm³/mol. The average molecular weight is 225 g/mol. The Bertz CT molecular complexity index is 437. The Morgan fingerprint density at radius 1 is 1.53 bits per heavy atom. The Hall–Kier alpha value is -1.69. The molecule has 15 heavy (non-hydrogen) atoms. The molecule has 0 spiro atoms. The molecular formula is C9H7NO4S. The quantitative estimate of drug-likeness (QED) is 0.571. The summed E-state index contributed by atoms with van der Waals surface area (Å²) in [7, 11) is 0. The highest BCUT2D eigenvalue weighted by atomic mass is 32.1. The van der Waals surface area contributed by atoms with Crippen molar-refractivity contribution in [3.05, 3.63) is 39.5 Å². The highest BCUT2D eigenvalue weighted by Crippen LogP contribution is 2.34. The summed E-state index contributed by atoms with van der Waals surface area (Å²) in [6.45, 7) is 0. The van der Waals surface area contributed by atoms with Crippen LogP contribution in [0.4, 0.5) is 5.00 Å². The second-order valence-electron chi connectivity index (χ2n) is 3.03. The molecule has 0 bridgehead atoms. The van der Waals surface area contributed by atoms with Crippen molar-refractivity contribution in [2.75, 3.05) is 0 Å². The first-order chi connectivity index (χ1) is 7.16. The third-order valence-corrected chi connectivity index (χ3v) is 3.12. The van der Waals surface area contributed by atoms with Crippen molar-refractivity contribution in [3.8, 4) is 0 Å². The summed E-state index contributed by atoms with van der Waals surface area (Å²) in [5.74, 6) is -0.0256. The van der Waals surface area contributed by atoms with Crippen molar-refractivity contribution in [1.82, 2.24) is 0 Å². The van der Waals surface area contributed by atoms with E-state index in [4.69, 9.17) is 4.74 Å². The summed E-state index contributed by atoms with van der Waals surface area (Å²) in [5, 5.41) is 10.5. The van der Waals surface area contributed by atoms with Crippen LogP contribution in [0.25, 0.3) is 0 Å². The third kappa shape index (κ3) is 2.04. The van der Waals surface area contributed by atoms with Crippen LogP contribution in [-0.4, -0.2) is 10.7 Å². The molecule has 0 fully saturated rings. The first kappa shape index (κ1) is 9.85. The van der Waals surface area contributed by atoms with Crippen molar-refractivity contribution >= 4 is 22.1 Å². The maximum absolute atomic E-state index is 11.1. The molecule has 0 N–H and O–H groups in total. The van der Waals surface area contributed by atoms with E-state index in [1.54, 1.807) is 6.07 Å². The maximum Gasteiger partial charge on any atom is 0.324 e. The van der Waals surface area contributed by atoms with Crippen molar-refractivity contribution in [2.45, 2.75) is 12.5 Å². The number of carbonyl (C=O) groups excluding carboxylic acids is 1. The molecule has 6 heteroatoms. The highest BCUT2D eigenvalue weighted by molar-refractivity contribution is 7.15. The zero-order chi connectivity index (χ0) is 10.8. The number of allylic oxidation sites excluding steroid dienone is 1. The standard InChI is InChI=1S/C9H7NO4S/c11-6-3-4-14-7(5-6)8-1-2-9(15-8)10(12)13/h1-4,7H,5H2. The zero-order valence-electron chi connectivity index (χ0n) is 7.58. The second kappa shape index (κ2) is 3.82. The van der Waals surface area contributed by atoms with E-state index in [0.29, 0.717) is 4.88 Å². The van der Waals surface area contributed by atoms with E-state index in [1.807, 2.05) is 0 Å². The lowest BCUT2D eigenvalue weighted by molar-refractivity contribution is -0.380. The molecule has 1 atom stereocenters. The Morgan fingerprint density at radius 3 is 2.93 bits per heavy atom. The van der Waals surface area contributed by atoms with Crippen LogP contribution in [0.2, 0.25) is 0 Å². The van der Waals surface area contributed by atoms with E-state index in [2.05, 4.69) is 0 Å². The summed E-state index contributed by atoms with van der Waals surface area (Å²) in [6.07, 6.45) is 2.57. The van der Waals surface area contributed by atoms with Crippen LogP contribution in [-0.2, 0) is 9.53 Å². The zero-order valence-corrected chi connectivity index (χ0v) is 8.40. The van der Waals surface area contributed by atoms with Gasteiger partial charge in [0.15, 0.2) is 5.78 Å². The van der Waals surface area contributed by atoms with Crippen LogP contribution in [0.1, 0.15) is 17.4 Å². The lowest BCUT2D eigenvalue weighted by atomic mass is 10.1. The topological polar surface area (TPSA) is 69.4 Å². The molecule has 0 aliphatic carbocycles. The molecule has 1 aliphatic heterocycles. The Labute approximate surface area is 89.1 Å². The molecule has 1 unspecified atom stereocenters. The first-order valence-electron chi connectivity index (χ1n) is 4.26. The summed E-state index contributed by atoms with van der Waals surface area (Å²) < 4.78 is 5.21. The lowest BCUT2D eigenvalue weighted by Crippen LogP contribution is -2.09. The van der Waals surface area contributed by atoms with Gasteiger partial charge in [0.05, 0.1) is 22.5 Å². The molecule has 0 saturated heterocycles. The van der Waals surface area contributed by atoms with Gasteiger partial charge in [-0.15, -0.1) is 0 Å². The van der Waals surface area contributed by atoms with Gasteiger partial charge in [0.1, 0.15) is 6.10 Å². The van der Waals surface area contributed by atoms with Gasteiger partial charge in [-0.05, 0) is 6.07 Å². The van der Waals surface area contributed by atoms with Gasteiger partial charge in [0.25, 0.3) is 0 Å². The van der Waals surface area contributed by atoms with Crippen molar-refractivity contribution in [3.63, 3.8) is 0 Å². The van der Waals surface area contributed by atoms with Gasteiger partial charge in [-0.2, -0.15) is 0 Å². The molecular weight excluding hydrogens is 218 g/mol.